The minimum atomic E-state index is -0.0519. The molecule has 5 nitrogen and oxygen atoms in total. The molecule has 4 N–H and O–H groups in total. The summed E-state index contributed by atoms with van der Waals surface area (Å²) in [5, 5.41) is 4.83. The van der Waals surface area contributed by atoms with Crippen LogP contribution in [0, 0.1) is 0 Å². The van der Waals surface area contributed by atoms with Crippen molar-refractivity contribution in [2.45, 2.75) is 25.4 Å². The fourth-order valence-electron chi connectivity index (χ4n) is 1.04. The predicted octanol–water partition coefficient (Wildman–Crippen LogP) is 0.00310. The summed E-state index contributed by atoms with van der Waals surface area (Å²) in [4.78, 5) is 17.5. The van der Waals surface area contributed by atoms with Crippen LogP contribution in [0.4, 0.5) is 0 Å². The third-order valence-electron chi connectivity index (χ3n) is 1.92. The Hall–Kier alpha value is -1.30. The zero-order chi connectivity index (χ0) is 9.97. The van der Waals surface area contributed by atoms with Crippen molar-refractivity contribution >= 4 is 17.3 Å². The van der Waals surface area contributed by atoms with Gasteiger partial charge in [0.1, 0.15) is 0 Å². The van der Waals surface area contributed by atoms with E-state index in [9.17, 15) is 4.79 Å². The topological polar surface area (TPSA) is 83.3 Å². The fourth-order valence-corrected chi connectivity index (χ4v) is 1.62. The summed E-state index contributed by atoms with van der Waals surface area (Å²) in [6.07, 6.45) is 2.34. The number of nitrogens with zero attached hydrogens (tertiary/aromatic N) is 1. The Bertz CT molecular complexity index is 390. The van der Waals surface area contributed by atoms with E-state index in [0.717, 1.165) is 17.0 Å². The number of guanidine groups is 1. The van der Waals surface area contributed by atoms with Crippen LogP contribution < -0.4 is 15.9 Å². The van der Waals surface area contributed by atoms with Crippen molar-refractivity contribution in [3.8, 4) is 0 Å². The van der Waals surface area contributed by atoms with Crippen molar-refractivity contribution in [1.29, 1.82) is 0 Å². The molecule has 1 heterocycles. The molecule has 1 aliphatic rings. The molecule has 0 aliphatic heterocycles. The monoisotopic (exact) mass is 212 g/mol. The van der Waals surface area contributed by atoms with E-state index >= 15 is 0 Å². The molecule has 0 unspecified atom stereocenters. The smallest absolute Gasteiger partial charge is 0.304 e. The molecule has 0 amide bonds. The lowest BCUT2D eigenvalue weighted by atomic mass is 10.5. The van der Waals surface area contributed by atoms with Crippen LogP contribution in [0.3, 0.4) is 0 Å². The van der Waals surface area contributed by atoms with Gasteiger partial charge in [0.25, 0.3) is 0 Å². The van der Waals surface area contributed by atoms with E-state index in [1.807, 2.05) is 0 Å². The number of nitrogens with two attached hydrogens (primary N) is 1. The Morgan fingerprint density at radius 3 is 3.14 bits per heavy atom. The van der Waals surface area contributed by atoms with Gasteiger partial charge in [0, 0.05) is 11.4 Å². The fraction of sp³-hybridized carbons (Fsp3) is 0.500. The largest absolute Gasteiger partial charge is 0.370 e. The first kappa shape index (κ1) is 9.26. The molecule has 0 radical (unpaired) electrons. The van der Waals surface area contributed by atoms with Gasteiger partial charge in [-0.1, -0.05) is 11.3 Å². The molecule has 1 aromatic heterocycles. The number of H-pyrrole nitrogens is 1. The maximum atomic E-state index is 10.8. The van der Waals surface area contributed by atoms with Gasteiger partial charge in [0.15, 0.2) is 5.96 Å². The Morgan fingerprint density at radius 2 is 2.57 bits per heavy atom. The van der Waals surface area contributed by atoms with Gasteiger partial charge in [-0.15, -0.1) is 0 Å². The van der Waals surface area contributed by atoms with Gasteiger partial charge in [-0.05, 0) is 12.8 Å². The van der Waals surface area contributed by atoms with E-state index in [-0.39, 0.29) is 4.87 Å². The molecule has 14 heavy (non-hydrogen) atoms. The summed E-state index contributed by atoms with van der Waals surface area (Å²) < 4.78 is 0. The van der Waals surface area contributed by atoms with Crippen molar-refractivity contribution in [2.24, 2.45) is 10.7 Å². The lowest BCUT2D eigenvalue weighted by molar-refractivity contribution is 0.873. The summed E-state index contributed by atoms with van der Waals surface area (Å²) in [6, 6.07) is 0.514. The van der Waals surface area contributed by atoms with Crippen LogP contribution in [0.25, 0.3) is 0 Å². The number of aromatic amines is 1. The Labute approximate surface area is 85.1 Å². The second-order valence-corrected chi connectivity index (χ2v) is 4.14. The van der Waals surface area contributed by atoms with Gasteiger partial charge in [-0.25, -0.2) is 4.99 Å². The van der Waals surface area contributed by atoms with E-state index in [0.29, 0.717) is 18.5 Å². The number of hydrogen-bond donors (Lipinski definition) is 3. The molecule has 76 valence electrons. The highest BCUT2D eigenvalue weighted by molar-refractivity contribution is 7.07. The summed E-state index contributed by atoms with van der Waals surface area (Å²) in [6.45, 7) is 0.435. The van der Waals surface area contributed by atoms with Crippen molar-refractivity contribution in [2.75, 3.05) is 0 Å². The van der Waals surface area contributed by atoms with Crippen LogP contribution in [0.5, 0.6) is 0 Å². The average Bonchev–Trinajstić information content (AvgIpc) is 2.85. The van der Waals surface area contributed by atoms with Crippen LogP contribution in [0.2, 0.25) is 0 Å². The molecule has 1 aromatic rings. The Morgan fingerprint density at radius 1 is 1.79 bits per heavy atom. The normalized spacial score (nSPS) is 17.0. The molecular weight excluding hydrogens is 200 g/mol. The van der Waals surface area contributed by atoms with Gasteiger partial charge in [0.05, 0.1) is 12.2 Å². The SMILES string of the molecule is NC(=NCc1csc(=O)[nH]1)NC1CC1. The summed E-state index contributed by atoms with van der Waals surface area (Å²) in [7, 11) is 0. The zero-order valence-electron chi connectivity index (χ0n) is 7.62. The minimum absolute atomic E-state index is 0.0519. The van der Waals surface area contributed by atoms with Crippen molar-refractivity contribution < 1.29 is 0 Å². The minimum Gasteiger partial charge on any atom is -0.370 e. The van der Waals surface area contributed by atoms with Crippen molar-refractivity contribution in [3.63, 3.8) is 0 Å². The molecule has 1 fully saturated rings. The summed E-state index contributed by atoms with van der Waals surface area (Å²) in [5.41, 5.74) is 6.43. The highest BCUT2D eigenvalue weighted by Gasteiger charge is 2.21. The van der Waals surface area contributed by atoms with Crippen LogP contribution >= 0.6 is 11.3 Å². The van der Waals surface area contributed by atoms with E-state index in [1.165, 1.54) is 12.8 Å². The molecule has 0 saturated heterocycles. The second-order valence-electron chi connectivity index (χ2n) is 3.29. The summed E-state index contributed by atoms with van der Waals surface area (Å²) in [5.74, 6) is 0.458. The highest BCUT2D eigenvalue weighted by Crippen LogP contribution is 2.17. The Kier molecular flexibility index (Phi) is 2.53. The zero-order valence-corrected chi connectivity index (χ0v) is 8.43. The van der Waals surface area contributed by atoms with Gasteiger partial charge < -0.3 is 16.0 Å². The van der Waals surface area contributed by atoms with E-state index in [1.54, 1.807) is 5.38 Å². The number of rotatable bonds is 3. The van der Waals surface area contributed by atoms with Crippen molar-refractivity contribution in [3.05, 3.63) is 20.7 Å². The van der Waals surface area contributed by atoms with Gasteiger partial charge >= 0.3 is 4.87 Å². The highest BCUT2D eigenvalue weighted by atomic mass is 32.1. The van der Waals surface area contributed by atoms with Gasteiger partial charge in [-0.2, -0.15) is 0 Å². The molecule has 0 atom stereocenters. The lowest BCUT2D eigenvalue weighted by Gasteiger charge is -2.01. The molecule has 1 aliphatic carbocycles. The van der Waals surface area contributed by atoms with E-state index in [4.69, 9.17) is 5.73 Å². The quantitative estimate of drug-likeness (QED) is 0.487. The second kappa shape index (κ2) is 3.83. The Balaban J connectivity index is 1.87. The standard InChI is InChI=1S/C8H12N4OS/c9-7(11-5-1-2-5)10-3-6-4-14-8(13)12-6/h4-5H,1-3H2,(H,12,13)(H3,9,10,11). The van der Waals surface area contributed by atoms with Gasteiger partial charge in [0.2, 0.25) is 0 Å². The number of hydrogen-bond acceptors (Lipinski definition) is 3. The first-order valence-corrected chi connectivity index (χ1v) is 5.35. The maximum Gasteiger partial charge on any atom is 0.304 e. The van der Waals surface area contributed by atoms with E-state index < -0.39 is 0 Å². The maximum absolute atomic E-state index is 10.8. The first-order chi connectivity index (χ1) is 6.74. The molecule has 1 saturated carbocycles. The first-order valence-electron chi connectivity index (χ1n) is 4.47. The van der Waals surface area contributed by atoms with Crippen molar-refractivity contribution in [1.82, 2.24) is 10.3 Å². The molecule has 0 aromatic carbocycles. The third kappa shape index (κ3) is 2.59. The number of aromatic nitrogens is 1. The van der Waals surface area contributed by atoms with Crippen LogP contribution in [-0.2, 0) is 6.54 Å². The van der Waals surface area contributed by atoms with Crippen LogP contribution in [0.15, 0.2) is 15.2 Å². The molecule has 0 bridgehead atoms. The van der Waals surface area contributed by atoms with Crippen LogP contribution in [0.1, 0.15) is 18.5 Å². The van der Waals surface area contributed by atoms with Gasteiger partial charge in [-0.3, -0.25) is 4.79 Å². The molecule has 6 heteroatoms. The van der Waals surface area contributed by atoms with E-state index in [2.05, 4.69) is 15.3 Å². The predicted molar refractivity (Wildman–Crippen MR) is 56.4 cm³/mol. The lowest BCUT2D eigenvalue weighted by Crippen LogP contribution is -2.33. The molecular formula is C8H12N4OS. The molecule has 0 spiro atoms. The average molecular weight is 212 g/mol. The number of thiazole rings is 1. The number of nitrogens with one attached hydrogen (secondary N) is 2. The third-order valence-corrected chi connectivity index (χ3v) is 2.64. The summed E-state index contributed by atoms with van der Waals surface area (Å²) >= 11 is 1.14. The molecule has 2 rings (SSSR count). The number of aliphatic imine (C=N–C) groups is 1. The van der Waals surface area contributed by atoms with Crippen LogP contribution in [-0.4, -0.2) is 17.0 Å².